The molecule has 2 N–H and O–H groups in total. The van der Waals surface area contributed by atoms with Crippen LogP contribution in [0.5, 0.6) is 0 Å². The van der Waals surface area contributed by atoms with E-state index >= 15 is 4.39 Å². The molecule has 0 radical (unpaired) electrons. The van der Waals surface area contributed by atoms with E-state index in [0.717, 1.165) is 5.65 Å². The summed E-state index contributed by atoms with van der Waals surface area (Å²) < 4.78 is 20.5. The van der Waals surface area contributed by atoms with Gasteiger partial charge in [-0.2, -0.15) is 5.10 Å². The minimum Gasteiger partial charge on any atom is -0.382 e. The van der Waals surface area contributed by atoms with Gasteiger partial charge >= 0.3 is 0 Å². The van der Waals surface area contributed by atoms with Gasteiger partial charge in [0.15, 0.2) is 0 Å². The molecule has 0 saturated carbocycles. The summed E-state index contributed by atoms with van der Waals surface area (Å²) >= 11 is 0. The second-order valence-corrected chi connectivity index (χ2v) is 8.31. The molecule has 6 aromatic rings. The molecular weight excluding hydrogens is 449 g/mol. The smallest absolute Gasteiger partial charge is 0.261 e. The topological polar surface area (TPSA) is 112 Å². The van der Waals surface area contributed by atoms with Crippen LogP contribution >= 0.6 is 0 Å². The predicted molar refractivity (Wildman–Crippen MR) is 129 cm³/mol. The predicted octanol–water partition coefficient (Wildman–Crippen LogP) is 3.14. The molecule has 0 aliphatic rings. The minimum atomic E-state index is -0.699. The number of nitrogens with zero attached hydrogens (tertiary/aromatic N) is 8. The van der Waals surface area contributed by atoms with E-state index in [1.54, 1.807) is 34.7 Å². The third-order valence-electron chi connectivity index (χ3n) is 5.96. The first kappa shape index (κ1) is 20.8. The number of hydrogen-bond acceptors (Lipinski definition) is 6. The highest BCUT2D eigenvalue weighted by Gasteiger charge is 2.25. The summed E-state index contributed by atoms with van der Waals surface area (Å²) in [7, 11) is 1.75. The summed E-state index contributed by atoms with van der Waals surface area (Å²) in [6.45, 7) is 1.94. The van der Waals surface area contributed by atoms with E-state index < -0.39 is 11.7 Å². The van der Waals surface area contributed by atoms with Crippen molar-refractivity contribution in [1.82, 2.24) is 33.5 Å². The molecule has 1 aromatic carbocycles. The molecular formula is C24H20FN9O. The van der Waals surface area contributed by atoms with Crippen LogP contribution in [0.25, 0.3) is 22.2 Å². The standard InChI is InChI=1S/C24H20FN9O/c1-14-27-10-21-23(26)30-19-8-18(25)17(7-20(19)34(14)21)24(35)33(16-9-28-31(2)13-16)12-15-11-32-6-4-3-5-22(32)29-15/h3-11,13H,12H2,1-2H3,(H2,26,30). The molecule has 0 fully saturated rings. The molecule has 11 heteroatoms. The minimum absolute atomic E-state index is 0.105. The van der Waals surface area contributed by atoms with E-state index in [2.05, 4.69) is 20.1 Å². The SMILES string of the molecule is Cc1ncc2c(N)nc3cc(F)c(C(=O)N(Cc4cn5ccccc5n4)c4cnn(C)c4)cc3n12. The zero-order valence-corrected chi connectivity index (χ0v) is 18.9. The normalized spacial score (nSPS) is 11.6. The molecule has 5 heterocycles. The third kappa shape index (κ3) is 3.36. The Kier molecular flexibility index (Phi) is 4.53. The van der Waals surface area contributed by atoms with Crippen molar-refractivity contribution in [1.29, 1.82) is 0 Å². The average Bonchev–Trinajstić information content (AvgIpc) is 3.55. The summed E-state index contributed by atoms with van der Waals surface area (Å²) in [6.07, 6.45) is 8.59. The van der Waals surface area contributed by atoms with Crippen LogP contribution in [-0.4, -0.2) is 39.4 Å². The number of nitrogen functional groups attached to an aromatic ring is 1. The third-order valence-corrected chi connectivity index (χ3v) is 5.96. The molecule has 0 atom stereocenters. The van der Waals surface area contributed by atoms with Crippen molar-refractivity contribution in [2.24, 2.45) is 7.05 Å². The first-order chi connectivity index (χ1) is 16.9. The first-order valence-electron chi connectivity index (χ1n) is 10.8. The summed E-state index contributed by atoms with van der Waals surface area (Å²) in [6, 6.07) is 8.38. The molecule has 35 heavy (non-hydrogen) atoms. The van der Waals surface area contributed by atoms with Gasteiger partial charge in [0.2, 0.25) is 0 Å². The number of aryl methyl sites for hydroxylation is 2. The Bertz CT molecular complexity index is 1730. The highest BCUT2D eigenvalue weighted by atomic mass is 19.1. The lowest BCUT2D eigenvalue weighted by atomic mass is 10.1. The molecule has 1 amide bonds. The first-order valence-corrected chi connectivity index (χ1v) is 10.8. The van der Waals surface area contributed by atoms with E-state index in [9.17, 15) is 4.79 Å². The number of hydrogen-bond donors (Lipinski definition) is 1. The van der Waals surface area contributed by atoms with Gasteiger partial charge < -0.3 is 10.1 Å². The lowest BCUT2D eigenvalue weighted by Crippen LogP contribution is -2.31. The number of rotatable bonds is 4. The molecule has 0 spiro atoms. The maximum Gasteiger partial charge on any atom is 0.261 e. The number of anilines is 2. The number of aromatic nitrogens is 7. The van der Waals surface area contributed by atoms with Crippen molar-refractivity contribution in [2.45, 2.75) is 13.5 Å². The van der Waals surface area contributed by atoms with Gasteiger partial charge in [-0.25, -0.2) is 19.3 Å². The zero-order valence-electron chi connectivity index (χ0n) is 18.9. The Labute approximate surface area is 198 Å². The molecule has 10 nitrogen and oxygen atoms in total. The van der Waals surface area contributed by atoms with E-state index in [0.29, 0.717) is 33.8 Å². The second kappa shape index (κ2) is 7.62. The number of carbonyl (C=O) groups is 1. The summed E-state index contributed by atoms with van der Waals surface area (Å²) in [5.41, 5.74) is 9.31. The Morgan fingerprint density at radius 1 is 1.14 bits per heavy atom. The van der Waals surface area contributed by atoms with E-state index in [1.807, 2.05) is 41.9 Å². The van der Waals surface area contributed by atoms with Crippen molar-refractivity contribution in [3.8, 4) is 0 Å². The fraction of sp³-hybridized carbons (Fsp3) is 0.125. The van der Waals surface area contributed by atoms with Crippen LogP contribution in [0, 0.1) is 12.7 Å². The number of imidazole rings is 2. The van der Waals surface area contributed by atoms with Gasteiger partial charge in [-0.1, -0.05) is 6.07 Å². The van der Waals surface area contributed by atoms with Crippen molar-refractivity contribution in [3.63, 3.8) is 0 Å². The number of halogens is 1. The van der Waals surface area contributed by atoms with Crippen LogP contribution in [0.4, 0.5) is 15.9 Å². The summed E-state index contributed by atoms with van der Waals surface area (Å²) in [5.74, 6) is -0.342. The van der Waals surface area contributed by atoms with Crippen LogP contribution in [-0.2, 0) is 13.6 Å². The largest absolute Gasteiger partial charge is 0.382 e. The van der Waals surface area contributed by atoms with Gasteiger partial charge in [0.05, 0.1) is 46.9 Å². The second-order valence-electron chi connectivity index (χ2n) is 8.31. The molecule has 6 rings (SSSR count). The molecule has 0 saturated heterocycles. The monoisotopic (exact) mass is 469 g/mol. The Balaban J connectivity index is 1.49. The number of benzene rings is 1. The number of pyridine rings is 1. The number of amides is 1. The number of fused-ring (bicyclic) bond motifs is 4. The van der Waals surface area contributed by atoms with Crippen LogP contribution < -0.4 is 10.6 Å². The molecule has 5 aromatic heterocycles. The molecule has 0 aliphatic heterocycles. The maximum absolute atomic E-state index is 15.3. The van der Waals surface area contributed by atoms with Gasteiger partial charge in [0.1, 0.15) is 28.6 Å². The van der Waals surface area contributed by atoms with E-state index in [4.69, 9.17) is 5.73 Å². The van der Waals surface area contributed by atoms with Crippen LogP contribution in [0.15, 0.2) is 61.3 Å². The molecule has 174 valence electrons. The van der Waals surface area contributed by atoms with Gasteiger partial charge in [-0.05, 0) is 25.1 Å². The van der Waals surface area contributed by atoms with Crippen LogP contribution in [0.2, 0.25) is 0 Å². The average molecular weight is 469 g/mol. The molecule has 0 aliphatic carbocycles. The van der Waals surface area contributed by atoms with Crippen molar-refractivity contribution in [2.75, 3.05) is 10.6 Å². The van der Waals surface area contributed by atoms with E-state index in [1.165, 1.54) is 17.0 Å². The quantitative estimate of drug-likeness (QED) is 0.425. The maximum atomic E-state index is 15.3. The van der Waals surface area contributed by atoms with Crippen LogP contribution in [0.1, 0.15) is 21.9 Å². The molecule has 0 bridgehead atoms. The Hall–Kier alpha value is -4.80. The highest BCUT2D eigenvalue weighted by Crippen LogP contribution is 2.27. The van der Waals surface area contributed by atoms with Gasteiger partial charge in [-0.15, -0.1) is 0 Å². The highest BCUT2D eigenvalue weighted by molar-refractivity contribution is 6.07. The Morgan fingerprint density at radius 2 is 2.00 bits per heavy atom. The lowest BCUT2D eigenvalue weighted by molar-refractivity contribution is 0.0981. The molecule has 0 unspecified atom stereocenters. The van der Waals surface area contributed by atoms with E-state index in [-0.39, 0.29) is 17.9 Å². The Morgan fingerprint density at radius 3 is 2.77 bits per heavy atom. The fourth-order valence-electron chi connectivity index (χ4n) is 4.30. The number of nitrogens with two attached hydrogens (primary N) is 1. The van der Waals surface area contributed by atoms with Gasteiger partial charge in [-0.3, -0.25) is 18.8 Å². The van der Waals surface area contributed by atoms with Gasteiger partial charge in [0, 0.05) is 31.7 Å². The fourth-order valence-corrected chi connectivity index (χ4v) is 4.30. The number of carbonyl (C=O) groups excluding carboxylic acids is 1. The summed E-state index contributed by atoms with van der Waals surface area (Å²) in [4.78, 5) is 28.5. The zero-order chi connectivity index (χ0) is 24.3. The van der Waals surface area contributed by atoms with Crippen molar-refractivity contribution >= 4 is 39.6 Å². The van der Waals surface area contributed by atoms with Crippen molar-refractivity contribution in [3.05, 3.63) is 84.2 Å². The van der Waals surface area contributed by atoms with Crippen LogP contribution in [0.3, 0.4) is 0 Å². The summed E-state index contributed by atoms with van der Waals surface area (Å²) in [5, 5.41) is 4.19. The lowest BCUT2D eigenvalue weighted by Gasteiger charge is -2.21. The van der Waals surface area contributed by atoms with Crippen molar-refractivity contribution < 1.29 is 9.18 Å². The van der Waals surface area contributed by atoms with Gasteiger partial charge in [0.25, 0.3) is 5.91 Å².